The van der Waals surface area contributed by atoms with E-state index in [1.54, 1.807) is 6.08 Å². The van der Waals surface area contributed by atoms with Crippen molar-refractivity contribution in [3.8, 4) is 0 Å². The van der Waals surface area contributed by atoms with Gasteiger partial charge in [0, 0.05) is 6.42 Å². The summed E-state index contributed by atoms with van der Waals surface area (Å²) in [5.74, 6) is -0.184. The minimum absolute atomic E-state index is 0.184. The SMILES string of the molecule is CCCCCCCCCCCCCCCC/C=C/CC/C=C/CC/C=C/C(O)C(COC1OC(CO)C(O)C(O)C1O)NC(=O)CCCCCCCCCCCCCCCCCCCCCCCCCCCCCCC. The molecule has 7 unspecified atom stereocenters. The zero-order valence-electron chi connectivity index (χ0n) is 50.0. The quantitative estimate of drug-likeness (QED) is 0.0261. The van der Waals surface area contributed by atoms with Gasteiger partial charge in [0.2, 0.25) is 5.91 Å². The van der Waals surface area contributed by atoms with Crippen LogP contribution in [0.1, 0.15) is 328 Å². The van der Waals surface area contributed by atoms with Crippen molar-refractivity contribution in [1.29, 1.82) is 0 Å². The number of ether oxygens (including phenoxy) is 2. The zero-order chi connectivity index (χ0) is 55.0. The van der Waals surface area contributed by atoms with Crippen LogP contribution in [-0.4, -0.2) is 87.5 Å². The van der Waals surface area contributed by atoms with Crippen molar-refractivity contribution in [2.75, 3.05) is 13.2 Å². The molecule has 1 saturated heterocycles. The van der Waals surface area contributed by atoms with Gasteiger partial charge in [-0.25, -0.2) is 0 Å². The van der Waals surface area contributed by atoms with Gasteiger partial charge in [-0.2, -0.15) is 0 Å². The number of amides is 1. The summed E-state index contributed by atoms with van der Waals surface area (Å²) in [6, 6.07) is -0.827. The predicted molar refractivity (Wildman–Crippen MR) is 323 cm³/mol. The van der Waals surface area contributed by atoms with Crippen LogP contribution in [0.5, 0.6) is 0 Å². The molecule has 1 aliphatic rings. The van der Waals surface area contributed by atoms with Crippen molar-refractivity contribution in [1.82, 2.24) is 5.32 Å². The van der Waals surface area contributed by atoms with Gasteiger partial charge in [-0.05, 0) is 44.9 Å². The third-order valence-corrected chi connectivity index (χ3v) is 15.9. The van der Waals surface area contributed by atoms with Crippen LogP contribution in [-0.2, 0) is 14.3 Å². The Morgan fingerprint density at radius 3 is 1.11 bits per heavy atom. The summed E-state index contributed by atoms with van der Waals surface area (Å²) < 4.78 is 11.3. The van der Waals surface area contributed by atoms with Gasteiger partial charge in [0.25, 0.3) is 0 Å². The van der Waals surface area contributed by atoms with Crippen LogP contribution in [0, 0.1) is 0 Å². The molecule has 9 heteroatoms. The Hall–Kier alpha value is -1.59. The molecule has 0 aromatic rings. The number of allylic oxidation sites excluding steroid dienone is 5. The molecule has 76 heavy (non-hydrogen) atoms. The molecule has 0 radical (unpaired) electrons. The lowest BCUT2D eigenvalue weighted by molar-refractivity contribution is -0.302. The highest BCUT2D eigenvalue weighted by molar-refractivity contribution is 5.76. The summed E-state index contributed by atoms with van der Waals surface area (Å²) in [6.07, 6.45) is 68.2. The predicted octanol–water partition coefficient (Wildman–Crippen LogP) is 17.5. The first-order chi connectivity index (χ1) is 37.3. The molecule has 1 fully saturated rings. The number of nitrogens with one attached hydrogen (secondary N) is 1. The molecule has 1 rings (SSSR count). The summed E-state index contributed by atoms with van der Waals surface area (Å²) in [4.78, 5) is 13.1. The van der Waals surface area contributed by atoms with E-state index in [9.17, 15) is 30.3 Å². The molecule has 0 aromatic heterocycles. The van der Waals surface area contributed by atoms with E-state index in [2.05, 4.69) is 43.5 Å². The summed E-state index contributed by atoms with van der Waals surface area (Å²) in [7, 11) is 0. The van der Waals surface area contributed by atoms with Crippen LogP contribution in [0.2, 0.25) is 0 Å². The van der Waals surface area contributed by atoms with E-state index in [1.807, 2.05) is 6.08 Å². The molecule has 0 spiro atoms. The Balaban J connectivity index is 2.17. The molecule has 1 aliphatic heterocycles. The highest BCUT2D eigenvalue weighted by Crippen LogP contribution is 2.23. The molecule has 1 heterocycles. The van der Waals surface area contributed by atoms with Crippen LogP contribution in [0.25, 0.3) is 0 Å². The van der Waals surface area contributed by atoms with Crippen molar-refractivity contribution >= 4 is 5.91 Å². The molecule has 6 N–H and O–H groups in total. The fourth-order valence-corrected chi connectivity index (χ4v) is 10.7. The molecular weight excluding hydrogens is 947 g/mol. The number of rotatable bonds is 58. The average Bonchev–Trinajstić information content (AvgIpc) is 3.42. The van der Waals surface area contributed by atoms with Gasteiger partial charge in [-0.3, -0.25) is 4.79 Å². The fourth-order valence-electron chi connectivity index (χ4n) is 10.7. The first-order valence-electron chi connectivity index (χ1n) is 33.2. The van der Waals surface area contributed by atoms with Gasteiger partial charge in [-0.15, -0.1) is 0 Å². The summed E-state index contributed by atoms with van der Waals surface area (Å²) in [5.41, 5.74) is 0. The first kappa shape index (κ1) is 72.4. The third kappa shape index (κ3) is 45.2. The zero-order valence-corrected chi connectivity index (χ0v) is 50.0. The number of carbonyl (C=O) groups is 1. The van der Waals surface area contributed by atoms with Crippen LogP contribution in [0.3, 0.4) is 0 Å². The largest absolute Gasteiger partial charge is 0.394 e. The topological polar surface area (TPSA) is 149 Å². The standard InChI is InChI=1S/C67H127NO8/c1-3-5-7-9-11-13-15-17-19-21-23-25-27-29-30-31-32-33-35-37-39-41-43-45-47-49-51-53-55-57-63(71)68-60(59-75-67-66(74)65(73)64(72)62(58-69)76-67)61(70)56-54-52-50-48-46-44-42-40-38-36-34-28-26-24-22-20-18-16-14-12-10-8-6-4-2/h38,40,46,48,54,56,60-62,64-67,69-70,72-74H,3-37,39,41-45,47,49-53,55,57-59H2,1-2H3,(H,68,71)/b40-38+,48-46+,56-54+. The van der Waals surface area contributed by atoms with Gasteiger partial charge in [0.05, 0.1) is 25.4 Å². The monoisotopic (exact) mass is 1070 g/mol. The maximum atomic E-state index is 13.1. The maximum absolute atomic E-state index is 13.1. The van der Waals surface area contributed by atoms with E-state index in [0.717, 1.165) is 44.9 Å². The Morgan fingerprint density at radius 2 is 0.750 bits per heavy atom. The van der Waals surface area contributed by atoms with Crippen molar-refractivity contribution in [2.45, 2.75) is 371 Å². The Labute approximate surface area is 470 Å². The van der Waals surface area contributed by atoms with Gasteiger partial charge in [0.1, 0.15) is 24.4 Å². The van der Waals surface area contributed by atoms with E-state index < -0.39 is 49.5 Å². The number of hydrogen-bond donors (Lipinski definition) is 6. The molecule has 1 amide bonds. The lowest BCUT2D eigenvalue weighted by Gasteiger charge is -2.40. The van der Waals surface area contributed by atoms with Gasteiger partial charge < -0.3 is 40.3 Å². The van der Waals surface area contributed by atoms with E-state index in [1.165, 1.54) is 263 Å². The van der Waals surface area contributed by atoms with Gasteiger partial charge >= 0.3 is 0 Å². The smallest absolute Gasteiger partial charge is 0.220 e. The second kappa shape index (κ2) is 56.7. The average molecular weight is 1070 g/mol. The molecule has 448 valence electrons. The number of aliphatic hydroxyl groups is 5. The minimum atomic E-state index is -1.57. The number of hydrogen-bond acceptors (Lipinski definition) is 8. The molecular formula is C67H127NO8. The normalized spacial score (nSPS) is 19.0. The third-order valence-electron chi connectivity index (χ3n) is 15.9. The van der Waals surface area contributed by atoms with Crippen LogP contribution < -0.4 is 5.32 Å². The second-order valence-corrected chi connectivity index (χ2v) is 23.3. The maximum Gasteiger partial charge on any atom is 0.220 e. The minimum Gasteiger partial charge on any atom is -0.394 e. The van der Waals surface area contributed by atoms with E-state index in [4.69, 9.17) is 9.47 Å². The highest BCUT2D eigenvalue weighted by Gasteiger charge is 2.44. The molecule has 0 bridgehead atoms. The number of aliphatic hydroxyl groups excluding tert-OH is 5. The fraction of sp³-hybridized carbons (Fsp3) is 0.896. The Bertz CT molecular complexity index is 1290. The number of unbranched alkanes of at least 4 members (excludes halogenated alkanes) is 44. The molecule has 0 aromatic carbocycles. The lowest BCUT2D eigenvalue weighted by Crippen LogP contribution is -2.60. The van der Waals surface area contributed by atoms with Crippen LogP contribution >= 0.6 is 0 Å². The summed E-state index contributed by atoms with van der Waals surface area (Å²) >= 11 is 0. The summed E-state index contributed by atoms with van der Waals surface area (Å²) in [6.45, 7) is 3.81. The van der Waals surface area contributed by atoms with Crippen LogP contribution in [0.15, 0.2) is 36.5 Å². The first-order valence-corrected chi connectivity index (χ1v) is 33.2. The summed E-state index contributed by atoms with van der Waals surface area (Å²) in [5, 5.41) is 54.6. The Morgan fingerprint density at radius 1 is 0.434 bits per heavy atom. The molecule has 0 saturated carbocycles. The van der Waals surface area contributed by atoms with Crippen molar-refractivity contribution in [2.24, 2.45) is 0 Å². The van der Waals surface area contributed by atoms with Gasteiger partial charge in [-0.1, -0.05) is 314 Å². The van der Waals surface area contributed by atoms with Gasteiger partial charge in [0.15, 0.2) is 6.29 Å². The van der Waals surface area contributed by atoms with Crippen molar-refractivity contribution in [3.63, 3.8) is 0 Å². The molecule has 0 aliphatic carbocycles. The van der Waals surface area contributed by atoms with Crippen LogP contribution in [0.4, 0.5) is 0 Å². The van der Waals surface area contributed by atoms with E-state index in [0.29, 0.717) is 6.42 Å². The second-order valence-electron chi connectivity index (χ2n) is 23.3. The number of carbonyl (C=O) groups excluding carboxylic acids is 1. The van der Waals surface area contributed by atoms with Crippen molar-refractivity contribution in [3.05, 3.63) is 36.5 Å². The van der Waals surface area contributed by atoms with E-state index in [-0.39, 0.29) is 12.5 Å². The van der Waals surface area contributed by atoms with Crippen molar-refractivity contribution < 1.29 is 39.8 Å². The molecule has 9 nitrogen and oxygen atoms in total. The highest BCUT2D eigenvalue weighted by atomic mass is 16.7. The molecule has 7 atom stereocenters. The van der Waals surface area contributed by atoms with E-state index >= 15 is 0 Å². The Kier molecular flexibility index (Phi) is 54.0. The lowest BCUT2D eigenvalue weighted by atomic mass is 9.99.